The Morgan fingerprint density at radius 1 is 1.38 bits per heavy atom. The number of halogens is 1. The highest BCUT2D eigenvalue weighted by atomic mass is 19.1. The number of ether oxygens (including phenoxy) is 1. The minimum Gasteiger partial charge on any atom is -0.490 e. The second-order valence-electron chi connectivity index (χ2n) is 5.97. The van der Waals surface area contributed by atoms with E-state index in [2.05, 4.69) is 5.32 Å². The van der Waals surface area contributed by atoms with Gasteiger partial charge in [0.05, 0.1) is 12.6 Å². The van der Waals surface area contributed by atoms with Gasteiger partial charge in [-0.3, -0.25) is 4.79 Å². The largest absolute Gasteiger partial charge is 0.490 e. The molecule has 1 amide bonds. The van der Waals surface area contributed by atoms with Gasteiger partial charge in [-0.25, -0.2) is 4.39 Å². The molecule has 1 aliphatic heterocycles. The third-order valence-corrected chi connectivity index (χ3v) is 4.53. The Morgan fingerprint density at radius 3 is 3.00 bits per heavy atom. The van der Waals surface area contributed by atoms with E-state index in [1.165, 1.54) is 6.07 Å². The van der Waals surface area contributed by atoms with Crippen molar-refractivity contribution in [2.24, 2.45) is 11.7 Å². The van der Waals surface area contributed by atoms with Crippen LogP contribution in [0, 0.1) is 11.7 Å². The van der Waals surface area contributed by atoms with Crippen molar-refractivity contribution in [2.45, 2.75) is 44.2 Å². The lowest BCUT2D eigenvalue weighted by Crippen LogP contribution is -2.35. The van der Waals surface area contributed by atoms with Gasteiger partial charge in [0.15, 0.2) is 11.6 Å². The molecule has 0 unspecified atom stereocenters. The summed E-state index contributed by atoms with van der Waals surface area (Å²) >= 11 is 0. The zero-order valence-electron chi connectivity index (χ0n) is 12.0. The van der Waals surface area contributed by atoms with Crippen molar-refractivity contribution in [3.63, 3.8) is 0 Å². The molecule has 3 atom stereocenters. The van der Waals surface area contributed by atoms with Crippen LogP contribution in [-0.2, 0) is 4.79 Å². The number of rotatable bonds is 3. The summed E-state index contributed by atoms with van der Waals surface area (Å²) in [6.07, 6.45) is 4.25. The van der Waals surface area contributed by atoms with E-state index in [0.29, 0.717) is 19.4 Å². The molecule has 0 aromatic heterocycles. The van der Waals surface area contributed by atoms with Gasteiger partial charge in [-0.15, -0.1) is 0 Å². The zero-order valence-corrected chi connectivity index (χ0v) is 12.0. The van der Waals surface area contributed by atoms with Crippen LogP contribution >= 0.6 is 0 Å². The zero-order chi connectivity index (χ0) is 14.8. The minimum atomic E-state index is -0.371. The summed E-state index contributed by atoms with van der Waals surface area (Å²) in [5.74, 6) is 0.173. The number of nitrogens with two attached hydrogens (primary N) is 1. The number of para-hydroxylation sites is 1. The van der Waals surface area contributed by atoms with Crippen LogP contribution < -0.4 is 15.8 Å². The van der Waals surface area contributed by atoms with E-state index in [4.69, 9.17) is 10.5 Å². The van der Waals surface area contributed by atoms with E-state index in [1.807, 2.05) is 6.07 Å². The number of amides is 1. The molecule has 114 valence electrons. The Balaban J connectivity index is 1.66. The van der Waals surface area contributed by atoms with E-state index in [-0.39, 0.29) is 35.5 Å². The molecule has 5 heteroatoms. The first-order chi connectivity index (χ1) is 10.1. The van der Waals surface area contributed by atoms with Gasteiger partial charge >= 0.3 is 0 Å². The molecule has 21 heavy (non-hydrogen) atoms. The Bertz CT molecular complexity index is 535. The van der Waals surface area contributed by atoms with Crippen LogP contribution in [0.3, 0.4) is 0 Å². The van der Waals surface area contributed by atoms with Crippen LogP contribution in [0.4, 0.5) is 4.39 Å². The van der Waals surface area contributed by atoms with Crippen LogP contribution in [0.2, 0.25) is 0 Å². The molecule has 0 saturated heterocycles. The van der Waals surface area contributed by atoms with Gasteiger partial charge in [0.2, 0.25) is 5.91 Å². The molecule has 1 heterocycles. The monoisotopic (exact) mass is 292 g/mol. The number of carbonyl (C=O) groups is 1. The van der Waals surface area contributed by atoms with Gasteiger partial charge in [-0.1, -0.05) is 18.6 Å². The lowest BCUT2D eigenvalue weighted by molar-refractivity contribution is -0.123. The van der Waals surface area contributed by atoms with Crippen LogP contribution in [0.5, 0.6) is 5.75 Å². The fourth-order valence-electron chi connectivity index (χ4n) is 3.35. The normalized spacial score (nSPS) is 27.8. The number of nitrogens with one attached hydrogen (secondary N) is 1. The molecule has 2 aliphatic rings. The summed E-state index contributed by atoms with van der Waals surface area (Å²) in [6, 6.07) is 4.80. The Labute approximate surface area is 123 Å². The van der Waals surface area contributed by atoms with E-state index in [0.717, 1.165) is 24.8 Å². The van der Waals surface area contributed by atoms with E-state index < -0.39 is 0 Å². The van der Waals surface area contributed by atoms with Crippen molar-refractivity contribution < 1.29 is 13.9 Å². The predicted molar refractivity (Wildman–Crippen MR) is 77.3 cm³/mol. The molecular weight excluding hydrogens is 271 g/mol. The number of carbonyl (C=O) groups excluding carboxylic acids is 1. The molecule has 1 aromatic carbocycles. The first kappa shape index (κ1) is 14.3. The Kier molecular flexibility index (Phi) is 4.10. The van der Waals surface area contributed by atoms with Crippen molar-refractivity contribution in [2.75, 3.05) is 6.61 Å². The predicted octanol–water partition coefficient (Wildman–Crippen LogP) is 2.28. The highest BCUT2D eigenvalue weighted by molar-refractivity contribution is 5.77. The minimum absolute atomic E-state index is 0.000499. The molecule has 4 nitrogen and oxygen atoms in total. The number of fused-ring (bicyclic) bond motifs is 1. The summed E-state index contributed by atoms with van der Waals surface area (Å²) in [5.41, 5.74) is 6.73. The summed E-state index contributed by atoms with van der Waals surface area (Å²) in [4.78, 5) is 12.2. The molecule has 1 aromatic rings. The van der Waals surface area contributed by atoms with Gasteiger partial charge < -0.3 is 15.8 Å². The lowest BCUT2D eigenvalue weighted by Gasteiger charge is -2.27. The second-order valence-corrected chi connectivity index (χ2v) is 5.97. The smallest absolute Gasteiger partial charge is 0.220 e. The molecule has 1 saturated carbocycles. The van der Waals surface area contributed by atoms with Crippen LogP contribution in [0.15, 0.2) is 18.2 Å². The fraction of sp³-hybridized carbons (Fsp3) is 0.562. The summed E-state index contributed by atoms with van der Waals surface area (Å²) in [7, 11) is 0. The molecule has 0 spiro atoms. The SMILES string of the molecule is N[C@@H]1CCC[C@H]1CC(=O)N[C@@H]1CCOc2c(F)cccc21. The highest BCUT2D eigenvalue weighted by Gasteiger charge is 2.29. The molecule has 1 aliphatic carbocycles. The summed E-state index contributed by atoms with van der Waals surface area (Å²) < 4.78 is 19.1. The van der Waals surface area contributed by atoms with Crippen molar-refractivity contribution >= 4 is 5.91 Å². The molecule has 3 rings (SSSR count). The first-order valence-electron chi connectivity index (χ1n) is 7.61. The molecule has 0 bridgehead atoms. The third kappa shape index (κ3) is 3.02. The second kappa shape index (κ2) is 6.02. The maximum atomic E-state index is 13.7. The van der Waals surface area contributed by atoms with Crippen molar-refractivity contribution in [1.29, 1.82) is 0 Å². The summed E-state index contributed by atoms with van der Waals surface area (Å²) in [5, 5.41) is 3.01. The van der Waals surface area contributed by atoms with Crippen LogP contribution in [0.1, 0.15) is 43.7 Å². The highest BCUT2D eigenvalue weighted by Crippen LogP contribution is 2.34. The Morgan fingerprint density at radius 2 is 2.24 bits per heavy atom. The van der Waals surface area contributed by atoms with E-state index in [1.54, 1.807) is 6.07 Å². The maximum Gasteiger partial charge on any atom is 0.220 e. The van der Waals surface area contributed by atoms with Gasteiger partial charge in [-0.05, 0) is 24.8 Å². The molecule has 3 N–H and O–H groups in total. The molecule has 0 radical (unpaired) electrons. The fourth-order valence-corrected chi connectivity index (χ4v) is 3.35. The van der Waals surface area contributed by atoms with E-state index >= 15 is 0 Å². The summed E-state index contributed by atoms with van der Waals surface area (Å²) in [6.45, 7) is 0.418. The standard InChI is InChI=1S/C16H21FN2O2/c17-12-5-2-4-11-14(7-8-21-16(11)12)19-15(20)9-10-3-1-6-13(10)18/h2,4-5,10,13-14H,1,3,6-9,18H2,(H,19,20)/t10-,13+,14+/m0/s1. The van der Waals surface area contributed by atoms with Gasteiger partial charge in [-0.2, -0.15) is 0 Å². The van der Waals surface area contributed by atoms with Crippen LogP contribution in [0.25, 0.3) is 0 Å². The van der Waals surface area contributed by atoms with Gasteiger partial charge in [0, 0.05) is 24.4 Å². The topological polar surface area (TPSA) is 64.4 Å². The number of hydrogen-bond acceptors (Lipinski definition) is 3. The number of benzene rings is 1. The quantitative estimate of drug-likeness (QED) is 0.898. The van der Waals surface area contributed by atoms with Gasteiger partial charge in [0.1, 0.15) is 0 Å². The average Bonchev–Trinajstić information content (AvgIpc) is 2.85. The average molecular weight is 292 g/mol. The van der Waals surface area contributed by atoms with Crippen molar-refractivity contribution in [3.8, 4) is 5.75 Å². The van der Waals surface area contributed by atoms with Crippen LogP contribution in [-0.4, -0.2) is 18.6 Å². The Hall–Kier alpha value is -1.62. The van der Waals surface area contributed by atoms with Crippen molar-refractivity contribution in [1.82, 2.24) is 5.32 Å². The maximum absolute atomic E-state index is 13.7. The lowest BCUT2D eigenvalue weighted by atomic mass is 9.97. The molecule has 1 fully saturated rings. The van der Waals surface area contributed by atoms with E-state index in [9.17, 15) is 9.18 Å². The third-order valence-electron chi connectivity index (χ3n) is 4.53. The number of hydrogen-bond donors (Lipinski definition) is 2. The van der Waals surface area contributed by atoms with Crippen molar-refractivity contribution in [3.05, 3.63) is 29.6 Å². The van der Waals surface area contributed by atoms with Gasteiger partial charge in [0.25, 0.3) is 0 Å². The first-order valence-corrected chi connectivity index (χ1v) is 7.61. The molecular formula is C16H21FN2O2.